The van der Waals surface area contributed by atoms with Gasteiger partial charge in [0.2, 0.25) is 0 Å². The largest absolute Gasteiger partial charge is 0.399 e. The van der Waals surface area contributed by atoms with Crippen LogP contribution >= 0.6 is 0 Å². The Morgan fingerprint density at radius 3 is 2.65 bits per heavy atom. The molecule has 6 heteroatoms. The van der Waals surface area contributed by atoms with Gasteiger partial charge in [-0.05, 0) is 30.7 Å². The maximum Gasteiger partial charge on any atom is 0.268 e. The highest BCUT2D eigenvalue weighted by molar-refractivity contribution is 5.98. The summed E-state index contributed by atoms with van der Waals surface area (Å²) < 4.78 is 0. The summed E-state index contributed by atoms with van der Waals surface area (Å²) in [4.78, 5) is 15.2. The van der Waals surface area contributed by atoms with Crippen molar-refractivity contribution in [3.05, 3.63) is 30.0 Å². The summed E-state index contributed by atoms with van der Waals surface area (Å²) in [6.45, 7) is 1.15. The summed E-state index contributed by atoms with van der Waals surface area (Å²) in [5, 5.41) is 22.2. The SMILES string of the molecule is CCC(CO)(CO)NC(=O)c1cc2cc(N)ccc2[nH]1. The third-order valence-electron chi connectivity index (χ3n) is 3.55. The number of hydrogen-bond donors (Lipinski definition) is 5. The molecular formula is C14H19N3O3. The number of H-pyrrole nitrogens is 1. The van der Waals surface area contributed by atoms with Gasteiger partial charge in [0.25, 0.3) is 5.91 Å². The Labute approximate surface area is 116 Å². The van der Waals surface area contributed by atoms with E-state index in [-0.39, 0.29) is 19.1 Å². The van der Waals surface area contributed by atoms with Gasteiger partial charge in [-0.3, -0.25) is 4.79 Å². The van der Waals surface area contributed by atoms with Crippen molar-refractivity contribution in [1.82, 2.24) is 10.3 Å². The van der Waals surface area contributed by atoms with E-state index in [0.29, 0.717) is 17.8 Å². The number of aromatic nitrogens is 1. The smallest absolute Gasteiger partial charge is 0.268 e. The number of aliphatic hydroxyl groups is 2. The van der Waals surface area contributed by atoms with Crippen LogP contribution < -0.4 is 11.1 Å². The summed E-state index contributed by atoms with van der Waals surface area (Å²) in [6.07, 6.45) is 0.429. The lowest BCUT2D eigenvalue weighted by Gasteiger charge is -2.29. The van der Waals surface area contributed by atoms with Crippen LogP contribution in [0.5, 0.6) is 0 Å². The van der Waals surface area contributed by atoms with Gasteiger partial charge in [-0.1, -0.05) is 6.92 Å². The molecule has 108 valence electrons. The van der Waals surface area contributed by atoms with Gasteiger partial charge in [-0.15, -0.1) is 0 Å². The Bertz CT molecular complexity index is 609. The molecule has 0 saturated heterocycles. The number of amides is 1. The number of hydrogen-bond acceptors (Lipinski definition) is 4. The van der Waals surface area contributed by atoms with Gasteiger partial charge in [-0.25, -0.2) is 0 Å². The predicted molar refractivity (Wildman–Crippen MR) is 77.4 cm³/mol. The summed E-state index contributed by atoms with van der Waals surface area (Å²) in [7, 11) is 0. The predicted octanol–water partition coefficient (Wildman–Crippen LogP) is 0.613. The first-order valence-electron chi connectivity index (χ1n) is 6.46. The van der Waals surface area contributed by atoms with Crippen molar-refractivity contribution in [3.8, 4) is 0 Å². The summed E-state index contributed by atoms with van der Waals surface area (Å²) in [5.41, 5.74) is 6.48. The molecule has 1 aromatic carbocycles. The van der Waals surface area contributed by atoms with Gasteiger partial charge in [0.1, 0.15) is 5.69 Å². The number of aromatic amines is 1. The zero-order valence-electron chi connectivity index (χ0n) is 11.3. The number of benzene rings is 1. The zero-order valence-corrected chi connectivity index (χ0v) is 11.3. The van der Waals surface area contributed by atoms with Crippen LogP contribution in [0.15, 0.2) is 24.3 Å². The molecule has 2 rings (SSSR count). The second-order valence-electron chi connectivity index (χ2n) is 4.93. The number of nitrogen functional groups attached to an aromatic ring is 1. The van der Waals surface area contributed by atoms with E-state index in [2.05, 4.69) is 10.3 Å². The Hall–Kier alpha value is -2.05. The topological polar surface area (TPSA) is 111 Å². The average Bonchev–Trinajstić information content (AvgIpc) is 2.88. The molecule has 2 aromatic rings. The van der Waals surface area contributed by atoms with Crippen molar-refractivity contribution in [3.63, 3.8) is 0 Å². The van der Waals surface area contributed by atoms with Crippen LogP contribution in [-0.2, 0) is 0 Å². The van der Waals surface area contributed by atoms with Gasteiger partial charge < -0.3 is 26.2 Å². The fraction of sp³-hybridized carbons (Fsp3) is 0.357. The molecular weight excluding hydrogens is 258 g/mol. The van der Waals surface area contributed by atoms with Crippen molar-refractivity contribution in [2.24, 2.45) is 0 Å². The maximum absolute atomic E-state index is 12.2. The third-order valence-corrected chi connectivity index (χ3v) is 3.55. The first-order chi connectivity index (χ1) is 9.53. The minimum absolute atomic E-state index is 0.321. The molecule has 20 heavy (non-hydrogen) atoms. The molecule has 0 radical (unpaired) electrons. The number of fused-ring (bicyclic) bond motifs is 1. The molecule has 0 aliphatic heterocycles. The molecule has 6 N–H and O–H groups in total. The van der Waals surface area contributed by atoms with Gasteiger partial charge in [0.05, 0.1) is 18.8 Å². The van der Waals surface area contributed by atoms with Crippen LogP contribution in [0.4, 0.5) is 5.69 Å². The lowest BCUT2D eigenvalue weighted by atomic mass is 9.98. The van der Waals surface area contributed by atoms with Crippen molar-refractivity contribution < 1.29 is 15.0 Å². The van der Waals surface area contributed by atoms with Crippen LogP contribution in [-0.4, -0.2) is 39.9 Å². The molecule has 0 bridgehead atoms. The van der Waals surface area contributed by atoms with E-state index >= 15 is 0 Å². The molecule has 6 nitrogen and oxygen atoms in total. The van der Waals surface area contributed by atoms with Gasteiger partial charge in [0.15, 0.2) is 0 Å². The molecule has 0 fully saturated rings. The van der Waals surface area contributed by atoms with Crippen molar-refractivity contribution >= 4 is 22.5 Å². The molecule has 0 spiro atoms. The van der Waals surface area contributed by atoms with E-state index in [4.69, 9.17) is 5.73 Å². The second-order valence-corrected chi connectivity index (χ2v) is 4.93. The summed E-state index contributed by atoms with van der Waals surface area (Å²) >= 11 is 0. The van der Waals surface area contributed by atoms with Crippen LogP contribution in [0.1, 0.15) is 23.8 Å². The number of carbonyl (C=O) groups is 1. The molecule has 0 saturated carbocycles. The summed E-state index contributed by atoms with van der Waals surface area (Å²) in [5.74, 6) is -0.371. The highest BCUT2D eigenvalue weighted by Crippen LogP contribution is 2.19. The molecule has 1 aromatic heterocycles. The molecule has 0 aliphatic rings. The highest BCUT2D eigenvalue weighted by Gasteiger charge is 2.29. The maximum atomic E-state index is 12.2. The highest BCUT2D eigenvalue weighted by atomic mass is 16.3. The number of rotatable bonds is 5. The Kier molecular flexibility index (Phi) is 3.96. The van der Waals surface area contributed by atoms with Crippen LogP contribution in [0, 0.1) is 0 Å². The molecule has 0 aliphatic carbocycles. The van der Waals surface area contributed by atoms with Crippen molar-refractivity contribution in [1.29, 1.82) is 0 Å². The number of anilines is 1. The van der Waals surface area contributed by atoms with E-state index in [9.17, 15) is 15.0 Å². The van der Waals surface area contributed by atoms with Crippen molar-refractivity contribution in [2.45, 2.75) is 18.9 Å². The molecule has 0 unspecified atom stereocenters. The average molecular weight is 277 g/mol. The monoisotopic (exact) mass is 277 g/mol. The number of nitrogens with two attached hydrogens (primary N) is 1. The van der Waals surface area contributed by atoms with Crippen LogP contribution in [0.2, 0.25) is 0 Å². The Balaban J connectivity index is 2.27. The third kappa shape index (κ3) is 2.61. The van der Waals surface area contributed by atoms with E-state index in [1.807, 2.05) is 0 Å². The first kappa shape index (κ1) is 14.4. The van der Waals surface area contributed by atoms with Gasteiger partial charge in [-0.2, -0.15) is 0 Å². The zero-order chi connectivity index (χ0) is 14.8. The fourth-order valence-corrected chi connectivity index (χ4v) is 2.02. The molecule has 1 amide bonds. The van der Waals surface area contributed by atoms with E-state index < -0.39 is 5.54 Å². The van der Waals surface area contributed by atoms with E-state index in [1.54, 1.807) is 31.2 Å². The van der Waals surface area contributed by atoms with Crippen LogP contribution in [0.25, 0.3) is 10.9 Å². The number of aliphatic hydroxyl groups excluding tert-OH is 2. The quantitative estimate of drug-likeness (QED) is 0.516. The van der Waals surface area contributed by atoms with E-state index in [1.165, 1.54) is 0 Å². The van der Waals surface area contributed by atoms with Gasteiger partial charge in [0, 0.05) is 16.6 Å². The fourth-order valence-electron chi connectivity index (χ4n) is 2.02. The lowest BCUT2D eigenvalue weighted by Crippen LogP contribution is -2.53. The minimum atomic E-state index is -1.01. The number of carbonyl (C=O) groups excluding carboxylic acids is 1. The molecule has 0 atom stereocenters. The Morgan fingerprint density at radius 2 is 2.05 bits per heavy atom. The van der Waals surface area contributed by atoms with Crippen LogP contribution in [0.3, 0.4) is 0 Å². The number of nitrogens with one attached hydrogen (secondary N) is 2. The minimum Gasteiger partial charge on any atom is -0.399 e. The lowest BCUT2D eigenvalue weighted by molar-refractivity contribution is 0.0650. The summed E-state index contributed by atoms with van der Waals surface area (Å²) in [6, 6.07) is 7.01. The normalized spacial score (nSPS) is 11.8. The Morgan fingerprint density at radius 1 is 1.35 bits per heavy atom. The first-order valence-corrected chi connectivity index (χ1v) is 6.46. The molecule has 1 heterocycles. The second kappa shape index (κ2) is 5.52. The van der Waals surface area contributed by atoms with Gasteiger partial charge >= 0.3 is 0 Å². The van der Waals surface area contributed by atoms with Crippen molar-refractivity contribution in [2.75, 3.05) is 18.9 Å². The van der Waals surface area contributed by atoms with E-state index in [0.717, 1.165) is 10.9 Å². The standard InChI is InChI=1S/C14H19N3O3/c1-2-14(7-18,8-19)17-13(20)12-6-9-5-10(15)3-4-11(9)16-12/h3-6,16,18-19H,2,7-8,15H2,1H3,(H,17,20).